The monoisotopic (exact) mass is 653 g/mol. The Labute approximate surface area is 291 Å². The maximum Gasteiger partial charge on any atom is 0.146 e. The van der Waals surface area contributed by atoms with Crippen LogP contribution in [0.4, 0.5) is 0 Å². The number of hydrogen-bond donors (Lipinski definition) is 0. The van der Waals surface area contributed by atoms with Crippen LogP contribution < -0.4 is 0 Å². The molecule has 3 heterocycles. The van der Waals surface area contributed by atoms with Gasteiger partial charge in [-0.05, 0) is 116 Å². The van der Waals surface area contributed by atoms with Gasteiger partial charge in [0.2, 0.25) is 0 Å². The van der Waals surface area contributed by atoms with Gasteiger partial charge in [0.05, 0.1) is 26.8 Å². The van der Waals surface area contributed by atoms with Crippen LogP contribution in [-0.2, 0) is 0 Å². The first-order valence-corrected chi connectivity index (χ1v) is 17.7. The van der Waals surface area contributed by atoms with Crippen molar-refractivity contribution in [1.29, 1.82) is 0 Å². The van der Waals surface area contributed by atoms with Crippen LogP contribution in [0.1, 0.15) is 0 Å². The third-order valence-corrected chi connectivity index (χ3v) is 11.2. The van der Waals surface area contributed by atoms with Crippen molar-refractivity contribution < 1.29 is 0 Å². The molecule has 0 saturated carbocycles. The van der Waals surface area contributed by atoms with Crippen molar-refractivity contribution in [3.63, 3.8) is 0 Å². The van der Waals surface area contributed by atoms with Crippen LogP contribution in [0.3, 0.4) is 0 Å². The third-order valence-electron chi connectivity index (χ3n) is 10.1. The van der Waals surface area contributed by atoms with E-state index in [0.29, 0.717) is 0 Å². The maximum absolute atomic E-state index is 5.07. The van der Waals surface area contributed by atoms with Crippen LogP contribution in [0.25, 0.3) is 103 Å². The van der Waals surface area contributed by atoms with E-state index in [0.717, 1.165) is 38.2 Å². The first-order valence-electron chi connectivity index (χ1n) is 16.9. The third kappa shape index (κ3) is 4.22. The lowest BCUT2D eigenvalue weighted by Crippen LogP contribution is -1.92. The minimum atomic E-state index is 1.000. The zero-order valence-corrected chi connectivity index (χ0v) is 27.7. The molecular weight excluding hydrogens is 627 g/mol. The van der Waals surface area contributed by atoms with Gasteiger partial charge in [0.15, 0.2) is 0 Å². The summed E-state index contributed by atoms with van der Waals surface area (Å²) < 4.78 is 3.52. The molecule has 232 valence electrons. The standard InChI is InChI=1S/C46H27N3S/c1-4-10-42-37(7-1)39-27-35(21-22-38(39)45-47-40-8-2-5-11-43(40)49(42)45)33-17-15-29-23-28(13-14-31(29)25-33)30-16-18-34-26-36(20-19-32(34)24-30)46-48-41-9-3-6-12-44(41)50-46/h1-27H. The molecule has 0 saturated heterocycles. The van der Waals surface area contributed by atoms with Crippen molar-refractivity contribution in [2.24, 2.45) is 0 Å². The largest absolute Gasteiger partial charge is 0.292 e. The Balaban J connectivity index is 0.957. The van der Waals surface area contributed by atoms with E-state index in [1.165, 1.54) is 64.8 Å². The molecule has 11 rings (SSSR count). The Kier molecular flexibility index (Phi) is 5.83. The summed E-state index contributed by atoms with van der Waals surface area (Å²) in [5, 5.41) is 9.59. The smallest absolute Gasteiger partial charge is 0.146 e. The Hall–Kier alpha value is -6.36. The van der Waals surface area contributed by atoms with Crippen LogP contribution in [-0.4, -0.2) is 14.4 Å². The number of thiazole rings is 1. The van der Waals surface area contributed by atoms with Gasteiger partial charge in [-0.25, -0.2) is 9.97 Å². The van der Waals surface area contributed by atoms with Crippen LogP contribution in [0.5, 0.6) is 0 Å². The van der Waals surface area contributed by atoms with Crippen molar-refractivity contribution in [3.05, 3.63) is 164 Å². The molecule has 4 heteroatoms. The number of benzene rings is 8. The van der Waals surface area contributed by atoms with Gasteiger partial charge in [-0.2, -0.15) is 0 Å². The minimum Gasteiger partial charge on any atom is -0.292 e. The van der Waals surface area contributed by atoms with E-state index in [-0.39, 0.29) is 0 Å². The van der Waals surface area contributed by atoms with Gasteiger partial charge in [0, 0.05) is 16.3 Å². The van der Waals surface area contributed by atoms with Crippen molar-refractivity contribution in [3.8, 4) is 32.8 Å². The summed E-state index contributed by atoms with van der Waals surface area (Å²) in [6, 6.07) is 59.3. The Bertz CT molecular complexity index is 3130. The molecule has 8 aromatic carbocycles. The van der Waals surface area contributed by atoms with Crippen LogP contribution in [0, 0.1) is 0 Å². The van der Waals surface area contributed by atoms with Gasteiger partial charge < -0.3 is 0 Å². The predicted molar refractivity (Wildman–Crippen MR) is 212 cm³/mol. The summed E-state index contributed by atoms with van der Waals surface area (Å²) in [5.41, 5.74) is 11.4. The normalized spacial score (nSPS) is 12.0. The molecule has 3 nitrogen and oxygen atoms in total. The Morgan fingerprint density at radius 1 is 0.380 bits per heavy atom. The number of nitrogens with zero attached hydrogens (tertiary/aromatic N) is 3. The number of hydrogen-bond acceptors (Lipinski definition) is 3. The average molecular weight is 654 g/mol. The summed E-state index contributed by atoms with van der Waals surface area (Å²) in [4.78, 5) is 9.94. The topological polar surface area (TPSA) is 30.2 Å². The zero-order chi connectivity index (χ0) is 32.8. The van der Waals surface area contributed by atoms with E-state index < -0.39 is 0 Å². The van der Waals surface area contributed by atoms with E-state index in [4.69, 9.17) is 9.97 Å². The number of imidazole rings is 1. The number of aromatic nitrogens is 3. The molecule has 0 N–H and O–H groups in total. The lowest BCUT2D eigenvalue weighted by atomic mass is 9.95. The lowest BCUT2D eigenvalue weighted by Gasteiger charge is -2.12. The molecule has 0 aliphatic rings. The number of pyridine rings is 1. The Morgan fingerprint density at radius 3 is 1.62 bits per heavy atom. The van der Waals surface area contributed by atoms with Crippen molar-refractivity contribution in [2.75, 3.05) is 0 Å². The SMILES string of the molecule is c1ccc2sc(-c3ccc4cc(-c5ccc6cc(-c7ccc8c(c7)c7ccccc7n7c9ccccc9nc87)ccc6c5)ccc4c3)nc2c1. The van der Waals surface area contributed by atoms with Gasteiger partial charge in [-0.3, -0.25) is 4.40 Å². The van der Waals surface area contributed by atoms with E-state index in [9.17, 15) is 0 Å². The second kappa shape index (κ2) is 10.6. The van der Waals surface area contributed by atoms with Crippen molar-refractivity contribution in [1.82, 2.24) is 14.4 Å². The number of rotatable bonds is 3. The molecule has 11 aromatic rings. The molecule has 0 aliphatic heterocycles. The van der Waals surface area contributed by atoms with Crippen LogP contribution in [0.15, 0.2) is 164 Å². The van der Waals surface area contributed by atoms with Gasteiger partial charge in [-0.15, -0.1) is 11.3 Å². The highest BCUT2D eigenvalue weighted by Crippen LogP contribution is 2.37. The minimum absolute atomic E-state index is 1.000. The number of fused-ring (bicyclic) bond motifs is 11. The molecule has 0 amide bonds. The molecule has 0 unspecified atom stereocenters. The van der Waals surface area contributed by atoms with Crippen molar-refractivity contribution >= 4 is 81.5 Å². The second-order valence-corrected chi connectivity index (χ2v) is 14.1. The molecule has 0 bridgehead atoms. The fourth-order valence-corrected chi connectivity index (χ4v) is 8.61. The van der Waals surface area contributed by atoms with Crippen molar-refractivity contribution in [2.45, 2.75) is 0 Å². The quantitative estimate of drug-likeness (QED) is 0.178. The fraction of sp³-hybridized carbons (Fsp3) is 0. The molecule has 0 atom stereocenters. The Morgan fingerprint density at radius 2 is 0.920 bits per heavy atom. The zero-order valence-electron chi connectivity index (χ0n) is 26.8. The molecule has 3 aromatic heterocycles. The second-order valence-electron chi connectivity index (χ2n) is 13.1. The fourth-order valence-electron chi connectivity index (χ4n) is 7.65. The first kappa shape index (κ1) is 27.6. The summed E-state index contributed by atoms with van der Waals surface area (Å²) in [7, 11) is 0. The highest BCUT2D eigenvalue weighted by molar-refractivity contribution is 7.21. The highest BCUT2D eigenvalue weighted by atomic mass is 32.1. The van der Waals surface area contributed by atoms with Gasteiger partial charge in [0.1, 0.15) is 10.7 Å². The predicted octanol–water partition coefficient (Wildman–Crippen LogP) is 12.7. The van der Waals surface area contributed by atoms with E-state index in [1.807, 2.05) is 6.07 Å². The van der Waals surface area contributed by atoms with Gasteiger partial charge in [0.25, 0.3) is 0 Å². The number of para-hydroxylation sites is 4. The van der Waals surface area contributed by atoms with E-state index in [1.54, 1.807) is 11.3 Å². The molecule has 0 fully saturated rings. The molecule has 50 heavy (non-hydrogen) atoms. The molecule has 0 radical (unpaired) electrons. The summed E-state index contributed by atoms with van der Waals surface area (Å²) in [5.74, 6) is 0. The van der Waals surface area contributed by atoms with Crippen LogP contribution >= 0.6 is 11.3 Å². The first-order chi connectivity index (χ1) is 24.7. The maximum atomic E-state index is 5.07. The molecular formula is C46H27N3S. The molecule has 0 spiro atoms. The van der Waals surface area contributed by atoms with E-state index in [2.05, 4.69) is 162 Å². The van der Waals surface area contributed by atoms with Gasteiger partial charge in [-0.1, -0.05) is 97.1 Å². The molecule has 0 aliphatic carbocycles. The van der Waals surface area contributed by atoms with Crippen LogP contribution in [0.2, 0.25) is 0 Å². The van der Waals surface area contributed by atoms with E-state index >= 15 is 0 Å². The average Bonchev–Trinajstić information content (AvgIpc) is 3.80. The van der Waals surface area contributed by atoms with Gasteiger partial charge >= 0.3 is 0 Å². The lowest BCUT2D eigenvalue weighted by molar-refractivity contribution is 1.31. The summed E-state index contributed by atoms with van der Waals surface area (Å²) >= 11 is 1.75. The summed E-state index contributed by atoms with van der Waals surface area (Å²) in [6.45, 7) is 0. The highest BCUT2D eigenvalue weighted by Gasteiger charge is 2.15. The summed E-state index contributed by atoms with van der Waals surface area (Å²) in [6.07, 6.45) is 0.